The van der Waals surface area contributed by atoms with Crippen molar-refractivity contribution in [3.05, 3.63) is 57.3 Å². The van der Waals surface area contributed by atoms with Crippen LogP contribution in [-0.4, -0.2) is 27.2 Å². The van der Waals surface area contributed by atoms with Crippen LogP contribution in [0, 0.1) is 4.77 Å². The van der Waals surface area contributed by atoms with Crippen molar-refractivity contribution < 1.29 is 14.3 Å². The van der Waals surface area contributed by atoms with Crippen LogP contribution in [0.2, 0.25) is 0 Å². The van der Waals surface area contributed by atoms with Gasteiger partial charge in [-0.15, -0.1) is 0 Å². The highest BCUT2D eigenvalue weighted by molar-refractivity contribution is 7.71. The zero-order valence-electron chi connectivity index (χ0n) is 14.2. The summed E-state index contributed by atoms with van der Waals surface area (Å²) in [5, 5.41) is 3.21. The zero-order valence-corrected chi connectivity index (χ0v) is 15.0. The van der Waals surface area contributed by atoms with Crippen molar-refractivity contribution in [2.45, 2.75) is 19.5 Å². The van der Waals surface area contributed by atoms with Gasteiger partial charge < -0.3 is 19.8 Å². The molecule has 2 aromatic heterocycles. The van der Waals surface area contributed by atoms with Crippen LogP contribution in [0.25, 0.3) is 10.9 Å². The van der Waals surface area contributed by atoms with Gasteiger partial charge >= 0.3 is 0 Å². The summed E-state index contributed by atoms with van der Waals surface area (Å²) in [5.41, 5.74) is 1.07. The van der Waals surface area contributed by atoms with E-state index in [-0.39, 0.29) is 36.0 Å². The molecule has 0 spiro atoms. The molecule has 0 unspecified atom stereocenters. The van der Waals surface area contributed by atoms with Crippen LogP contribution in [0.1, 0.15) is 12.1 Å². The molecule has 3 aromatic rings. The van der Waals surface area contributed by atoms with Crippen molar-refractivity contribution in [2.75, 3.05) is 6.79 Å². The second-order valence-corrected chi connectivity index (χ2v) is 6.37. The summed E-state index contributed by atoms with van der Waals surface area (Å²) in [4.78, 5) is 32.0. The van der Waals surface area contributed by atoms with E-state index < -0.39 is 0 Å². The molecule has 9 heteroatoms. The molecule has 8 nitrogen and oxygen atoms in total. The predicted molar refractivity (Wildman–Crippen MR) is 100 cm³/mol. The number of ether oxygens (including phenoxy) is 2. The molecule has 2 N–H and O–H groups in total. The lowest BCUT2D eigenvalue weighted by atomic mass is 10.2. The fraction of sp³-hybridized carbons (Fsp3) is 0.222. The highest BCUT2D eigenvalue weighted by Crippen LogP contribution is 2.34. The molecular weight excluding hydrogens is 368 g/mol. The highest BCUT2D eigenvalue weighted by atomic mass is 32.1. The Morgan fingerprint density at radius 2 is 2.11 bits per heavy atom. The molecule has 0 saturated carbocycles. The highest BCUT2D eigenvalue weighted by Gasteiger charge is 2.17. The van der Waals surface area contributed by atoms with E-state index in [1.54, 1.807) is 18.3 Å². The quantitative estimate of drug-likeness (QED) is 0.652. The van der Waals surface area contributed by atoms with Gasteiger partial charge in [0.15, 0.2) is 16.3 Å². The third-order valence-corrected chi connectivity index (χ3v) is 4.55. The minimum absolute atomic E-state index is 0.122. The lowest BCUT2D eigenvalue weighted by Crippen LogP contribution is -2.28. The Morgan fingerprint density at radius 3 is 2.89 bits per heavy atom. The van der Waals surface area contributed by atoms with Crippen LogP contribution in [-0.2, 0) is 17.9 Å². The van der Waals surface area contributed by atoms with Gasteiger partial charge in [0.2, 0.25) is 12.7 Å². The first kappa shape index (κ1) is 17.2. The normalized spacial score (nSPS) is 12.3. The van der Waals surface area contributed by atoms with Crippen molar-refractivity contribution in [3.63, 3.8) is 0 Å². The van der Waals surface area contributed by atoms with Gasteiger partial charge in [0.1, 0.15) is 0 Å². The molecule has 4 rings (SSSR count). The van der Waals surface area contributed by atoms with E-state index in [2.05, 4.69) is 15.3 Å². The number of benzene rings is 1. The number of nitrogens with one attached hydrogen (secondary N) is 2. The summed E-state index contributed by atoms with van der Waals surface area (Å²) in [5.74, 6) is 0.900. The summed E-state index contributed by atoms with van der Waals surface area (Å²) in [7, 11) is 0. The van der Waals surface area contributed by atoms with Crippen molar-refractivity contribution in [1.29, 1.82) is 0 Å². The van der Waals surface area contributed by atoms with E-state index in [4.69, 9.17) is 21.7 Å². The summed E-state index contributed by atoms with van der Waals surface area (Å²) in [6.07, 6.45) is 1.79. The van der Waals surface area contributed by atoms with Crippen molar-refractivity contribution >= 4 is 29.0 Å². The number of aromatic amines is 1. The lowest BCUT2D eigenvalue weighted by Gasteiger charge is -2.09. The Balaban J connectivity index is 1.50. The first-order valence-electron chi connectivity index (χ1n) is 8.35. The SMILES string of the molecule is O=C(CCn1c(=S)[nH]c2cc3c(cc2c1=O)OCO3)NCc1ccccn1. The second kappa shape index (κ2) is 7.20. The van der Waals surface area contributed by atoms with Gasteiger partial charge in [-0.3, -0.25) is 19.1 Å². The minimum atomic E-state index is -0.274. The maximum Gasteiger partial charge on any atom is 0.262 e. The third kappa shape index (κ3) is 3.54. The van der Waals surface area contributed by atoms with Crippen molar-refractivity contribution in [2.24, 2.45) is 0 Å². The number of fused-ring (bicyclic) bond motifs is 2. The van der Waals surface area contributed by atoms with Gasteiger partial charge in [0.05, 0.1) is 23.1 Å². The van der Waals surface area contributed by atoms with Gasteiger partial charge in [-0.05, 0) is 30.4 Å². The number of rotatable bonds is 5. The molecule has 0 bridgehead atoms. The predicted octanol–water partition coefficient (Wildman–Crippen LogP) is 1.89. The van der Waals surface area contributed by atoms with Gasteiger partial charge in [0.25, 0.3) is 5.56 Å². The number of hydrogen-bond donors (Lipinski definition) is 2. The van der Waals surface area contributed by atoms with Crippen LogP contribution in [0.4, 0.5) is 0 Å². The number of nitrogens with zero attached hydrogens (tertiary/aromatic N) is 2. The second-order valence-electron chi connectivity index (χ2n) is 5.99. The molecule has 0 aliphatic carbocycles. The molecule has 0 radical (unpaired) electrons. The lowest BCUT2D eigenvalue weighted by molar-refractivity contribution is -0.121. The summed E-state index contributed by atoms with van der Waals surface area (Å²) in [6.45, 7) is 0.631. The van der Waals surface area contributed by atoms with Crippen LogP contribution in [0.5, 0.6) is 11.5 Å². The first-order valence-corrected chi connectivity index (χ1v) is 8.76. The fourth-order valence-corrected chi connectivity index (χ4v) is 3.12. The molecule has 0 atom stereocenters. The molecule has 0 saturated heterocycles. The summed E-state index contributed by atoms with van der Waals surface area (Å²) >= 11 is 5.28. The topological polar surface area (TPSA) is 98.2 Å². The Hall–Kier alpha value is -3.20. The Kier molecular flexibility index (Phi) is 4.59. The fourth-order valence-electron chi connectivity index (χ4n) is 2.84. The van der Waals surface area contributed by atoms with E-state index in [1.165, 1.54) is 4.57 Å². The number of pyridine rings is 1. The average molecular weight is 384 g/mol. The van der Waals surface area contributed by atoms with Gasteiger partial charge in [-0.1, -0.05) is 6.07 Å². The van der Waals surface area contributed by atoms with E-state index in [0.717, 1.165) is 5.69 Å². The smallest absolute Gasteiger partial charge is 0.262 e. The first-order chi connectivity index (χ1) is 13.1. The standard InChI is InChI=1S/C18H16N4O4S/c23-16(20-9-11-3-1-2-5-19-11)4-6-22-17(24)12-7-14-15(26-10-25-14)8-13(12)21-18(22)27/h1-3,5,7-8H,4,6,9-10H2,(H,20,23)(H,21,27). The van der Waals surface area contributed by atoms with Crippen LogP contribution >= 0.6 is 12.2 Å². The van der Waals surface area contributed by atoms with Gasteiger partial charge in [0, 0.05) is 25.2 Å². The monoisotopic (exact) mass is 384 g/mol. The van der Waals surface area contributed by atoms with Gasteiger partial charge in [-0.25, -0.2) is 0 Å². The van der Waals surface area contributed by atoms with E-state index in [1.807, 2.05) is 18.2 Å². The zero-order chi connectivity index (χ0) is 18.8. The summed E-state index contributed by atoms with van der Waals surface area (Å²) in [6, 6.07) is 8.82. The summed E-state index contributed by atoms with van der Waals surface area (Å²) < 4.78 is 12.3. The maximum absolute atomic E-state index is 12.8. The van der Waals surface area contributed by atoms with Crippen molar-refractivity contribution in [3.8, 4) is 11.5 Å². The van der Waals surface area contributed by atoms with E-state index in [0.29, 0.717) is 28.9 Å². The number of carbonyl (C=O) groups is 1. The molecule has 27 heavy (non-hydrogen) atoms. The molecule has 138 valence electrons. The van der Waals surface area contributed by atoms with Crippen LogP contribution in [0.15, 0.2) is 41.3 Å². The molecule has 1 aromatic carbocycles. The molecule has 0 fully saturated rings. The third-order valence-electron chi connectivity index (χ3n) is 4.23. The van der Waals surface area contributed by atoms with Gasteiger partial charge in [-0.2, -0.15) is 0 Å². The number of H-pyrrole nitrogens is 1. The van der Waals surface area contributed by atoms with Crippen LogP contribution in [0.3, 0.4) is 0 Å². The number of aromatic nitrogens is 3. The van der Waals surface area contributed by atoms with Crippen LogP contribution < -0.4 is 20.3 Å². The molecule has 1 aliphatic rings. The molecule has 1 aliphatic heterocycles. The number of amides is 1. The molecule has 3 heterocycles. The van der Waals surface area contributed by atoms with E-state index >= 15 is 0 Å². The minimum Gasteiger partial charge on any atom is -0.454 e. The number of hydrogen-bond acceptors (Lipinski definition) is 6. The number of carbonyl (C=O) groups excluding carboxylic acids is 1. The Morgan fingerprint density at radius 1 is 1.30 bits per heavy atom. The maximum atomic E-state index is 12.8. The molecular formula is C18H16N4O4S. The molecule has 1 amide bonds. The average Bonchev–Trinajstić information content (AvgIpc) is 3.13. The van der Waals surface area contributed by atoms with E-state index in [9.17, 15) is 9.59 Å². The Bertz CT molecular complexity index is 1120. The van der Waals surface area contributed by atoms with Crippen molar-refractivity contribution in [1.82, 2.24) is 19.9 Å². The Labute approximate surface area is 158 Å². The largest absolute Gasteiger partial charge is 0.454 e.